The Morgan fingerprint density at radius 2 is 2.19 bits per heavy atom. The molecule has 2 aromatic rings. The second-order valence-electron chi connectivity index (χ2n) is 5.36. The number of nitrogens with zero attached hydrogens (tertiary/aromatic N) is 1. The molecular formula is C16H15NO3S. The van der Waals surface area contributed by atoms with E-state index in [-0.39, 0.29) is 17.4 Å². The van der Waals surface area contributed by atoms with Gasteiger partial charge in [0.25, 0.3) is 5.69 Å². The summed E-state index contributed by atoms with van der Waals surface area (Å²) in [5.41, 5.74) is 2.37. The van der Waals surface area contributed by atoms with Crippen LogP contribution in [0.3, 0.4) is 0 Å². The first kappa shape index (κ1) is 13.9. The highest BCUT2D eigenvalue weighted by atomic mass is 32.1. The lowest BCUT2D eigenvalue weighted by Crippen LogP contribution is -2.18. The molecule has 0 saturated heterocycles. The minimum Gasteiger partial charge on any atom is -0.293 e. The molecule has 21 heavy (non-hydrogen) atoms. The lowest BCUT2D eigenvalue weighted by molar-refractivity contribution is -0.384. The van der Waals surface area contributed by atoms with E-state index in [0.717, 1.165) is 30.4 Å². The van der Waals surface area contributed by atoms with Crippen molar-refractivity contribution in [1.29, 1.82) is 0 Å². The quantitative estimate of drug-likeness (QED) is 0.483. The number of benzene rings is 1. The van der Waals surface area contributed by atoms with Crippen molar-refractivity contribution >= 4 is 22.8 Å². The highest BCUT2D eigenvalue weighted by molar-refractivity contribution is 7.10. The fourth-order valence-corrected chi connectivity index (χ4v) is 3.92. The number of carbonyl (C=O) groups excluding carboxylic acids is 1. The van der Waals surface area contributed by atoms with Gasteiger partial charge in [0.05, 0.1) is 4.92 Å². The second-order valence-corrected chi connectivity index (χ2v) is 6.37. The van der Waals surface area contributed by atoms with Gasteiger partial charge in [0, 0.05) is 28.5 Å². The summed E-state index contributed by atoms with van der Waals surface area (Å²) in [7, 11) is 0. The molecule has 0 amide bonds. The van der Waals surface area contributed by atoms with Gasteiger partial charge in [-0.25, -0.2) is 0 Å². The number of hydrogen-bond acceptors (Lipinski definition) is 4. The first-order chi connectivity index (χ1) is 10.1. The number of rotatable bonds is 3. The average Bonchev–Trinajstić information content (AvgIpc) is 2.95. The molecule has 1 atom stereocenters. The molecular weight excluding hydrogens is 286 g/mol. The molecule has 0 spiro atoms. The van der Waals surface area contributed by atoms with Crippen LogP contribution < -0.4 is 0 Å². The van der Waals surface area contributed by atoms with E-state index < -0.39 is 4.92 Å². The Kier molecular flexibility index (Phi) is 3.59. The number of nitro benzene ring substituents is 1. The Hall–Kier alpha value is -2.01. The van der Waals surface area contributed by atoms with Crippen molar-refractivity contribution in [2.75, 3.05) is 0 Å². The zero-order valence-corrected chi connectivity index (χ0v) is 12.5. The zero-order chi connectivity index (χ0) is 15.0. The molecule has 108 valence electrons. The number of aryl methyl sites for hydroxylation is 2. The summed E-state index contributed by atoms with van der Waals surface area (Å²) in [4.78, 5) is 24.6. The lowest BCUT2D eigenvalue weighted by atomic mass is 9.81. The van der Waals surface area contributed by atoms with Crippen LogP contribution in [0.4, 0.5) is 5.69 Å². The summed E-state index contributed by atoms with van der Waals surface area (Å²) in [5.74, 6) is -0.142. The van der Waals surface area contributed by atoms with Crippen molar-refractivity contribution in [3.05, 3.63) is 61.3 Å². The molecule has 1 aliphatic rings. The third-order valence-electron chi connectivity index (χ3n) is 4.07. The van der Waals surface area contributed by atoms with Gasteiger partial charge in [-0.3, -0.25) is 14.9 Å². The second kappa shape index (κ2) is 5.41. The lowest BCUT2D eigenvalue weighted by Gasteiger charge is -2.22. The van der Waals surface area contributed by atoms with Crippen LogP contribution in [-0.2, 0) is 6.42 Å². The molecule has 1 heterocycles. The van der Waals surface area contributed by atoms with Gasteiger partial charge in [0.1, 0.15) is 0 Å². The molecule has 0 bridgehead atoms. The fourth-order valence-electron chi connectivity index (χ4n) is 2.94. The summed E-state index contributed by atoms with van der Waals surface area (Å²) >= 11 is 1.69. The number of Topliss-reactive ketones (excluding diaryl/α,β-unsaturated/α-hetero) is 1. The molecule has 0 aliphatic heterocycles. The highest BCUT2D eigenvalue weighted by Gasteiger charge is 2.29. The van der Waals surface area contributed by atoms with E-state index in [1.54, 1.807) is 17.4 Å². The maximum absolute atomic E-state index is 12.8. The molecule has 0 N–H and O–H groups in total. The normalized spacial score (nSPS) is 17.3. The van der Waals surface area contributed by atoms with Crippen molar-refractivity contribution in [3.8, 4) is 0 Å². The summed E-state index contributed by atoms with van der Waals surface area (Å²) in [5, 5.41) is 12.9. The summed E-state index contributed by atoms with van der Waals surface area (Å²) in [6.07, 6.45) is 2.85. The highest BCUT2D eigenvalue weighted by Crippen LogP contribution is 2.37. The standard InChI is InChI=1S/C16H15NO3S/c1-10-5-6-11(17(19)20)9-14(10)16(18)13-3-2-4-15-12(13)7-8-21-15/h5-9,13H,2-4H2,1H3. The van der Waals surface area contributed by atoms with Gasteiger partial charge < -0.3 is 0 Å². The van der Waals surface area contributed by atoms with Crippen LogP contribution in [0, 0.1) is 17.0 Å². The molecule has 5 heteroatoms. The van der Waals surface area contributed by atoms with Crippen LogP contribution in [0.1, 0.15) is 45.1 Å². The van der Waals surface area contributed by atoms with Gasteiger partial charge in [-0.15, -0.1) is 11.3 Å². The van der Waals surface area contributed by atoms with E-state index in [1.807, 2.05) is 18.4 Å². The predicted molar refractivity (Wildman–Crippen MR) is 82.2 cm³/mol. The van der Waals surface area contributed by atoms with Gasteiger partial charge in [-0.1, -0.05) is 6.07 Å². The number of carbonyl (C=O) groups is 1. The molecule has 0 saturated carbocycles. The van der Waals surface area contributed by atoms with Crippen molar-refractivity contribution < 1.29 is 9.72 Å². The topological polar surface area (TPSA) is 60.2 Å². The van der Waals surface area contributed by atoms with E-state index in [0.29, 0.717) is 5.56 Å². The van der Waals surface area contributed by atoms with Crippen LogP contribution in [0.5, 0.6) is 0 Å². The number of fused-ring (bicyclic) bond motifs is 1. The van der Waals surface area contributed by atoms with Gasteiger partial charge >= 0.3 is 0 Å². The minimum absolute atomic E-state index is 0.00977. The molecule has 3 rings (SSSR count). The van der Waals surface area contributed by atoms with Gasteiger partial charge in [-0.05, 0) is 48.8 Å². The Morgan fingerprint density at radius 3 is 2.95 bits per heavy atom. The van der Waals surface area contributed by atoms with E-state index in [2.05, 4.69) is 0 Å². The number of hydrogen-bond donors (Lipinski definition) is 0. The van der Waals surface area contributed by atoms with E-state index in [4.69, 9.17) is 0 Å². The third-order valence-corrected chi connectivity index (χ3v) is 5.06. The van der Waals surface area contributed by atoms with Gasteiger partial charge in [0.2, 0.25) is 0 Å². The van der Waals surface area contributed by atoms with Crippen LogP contribution in [-0.4, -0.2) is 10.7 Å². The monoisotopic (exact) mass is 301 g/mol. The molecule has 0 radical (unpaired) electrons. The maximum atomic E-state index is 12.8. The van der Waals surface area contributed by atoms with E-state index in [1.165, 1.54) is 17.0 Å². The molecule has 1 unspecified atom stereocenters. The van der Waals surface area contributed by atoms with Crippen molar-refractivity contribution in [2.24, 2.45) is 0 Å². The Balaban J connectivity index is 2.00. The predicted octanol–water partition coefficient (Wildman–Crippen LogP) is 4.27. The Labute approximate surface area is 126 Å². The first-order valence-corrected chi connectivity index (χ1v) is 7.81. The van der Waals surface area contributed by atoms with Crippen LogP contribution >= 0.6 is 11.3 Å². The summed E-state index contributed by atoms with van der Waals surface area (Å²) in [6.45, 7) is 1.83. The van der Waals surface area contributed by atoms with Crippen molar-refractivity contribution in [2.45, 2.75) is 32.1 Å². The maximum Gasteiger partial charge on any atom is 0.270 e. The molecule has 1 aromatic carbocycles. The summed E-state index contributed by atoms with van der Waals surface area (Å²) < 4.78 is 0. The van der Waals surface area contributed by atoms with Crippen LogP contribution in [0.2, 0.25) is 0 Å². The number of nitro groups is 1. The van der Waals surface area contributed by atoms with Crippen LogP contribution in [0.25, 0.3) is 0 Å². The Morgan fingerprint density at radius 1 is 1.38 bits per heavy atom. The Bertz CT molecular complexity index is 720. The van der Waals surface area contributed by atoms with Crippen molar-refractivity contribution in [1.82, 2.24) is 0 Å². The smallest absolute Gasteiger partial charge is 0.270 e. The van der Waals surface area contributed by atoms with E-state index >= 15 is 0 Å². The van der Waals surface area contributed by atoms with Crippen molar-refractivity contribution in [3.63, 3.8) is 0 Å². The van der Waals surface area contributed by atoms with E-state index in [9.17, 15) is 14.9 Å². The number of thiophene rings is 1. The number of non-ortho nitro benzene ring substituents is 1. The minimum atomic E-state index is -0.451. The first-order valence-electron chi connectivity index (χ1n) is 6.93. The average molecular weight is 301 g/mol. The molecule has 4 nitrogen and oxygen atoms in total. The molecule has 1 aliphatic carbocycles. The number of ketones is 1. The molecule has 1 aromatic heterocycles. The van der Waals surface area contributed by atoms with Gasteiger partial charge in [0.15, 0.2) is 5.78 Å². The largest absolute Gasteiger partial charge is 0.293 e. The fraction of sp³-hybridized carbons (Fsp3) is 0.312. The van der Waals surface area contributed by atoms with Gasteiger partial charge in [-0.2, -0.15) is 0 Å². The SMILES string of the molecule is Cc1ccc([N+](=O)[O-])cc1C(=O)C1CCCc2sccc21. The molecule has 0 fully saturated rings. The zero-order valence-electron chi connectivity index (χ0n) is 11.7. The van der Waals surface area contributed by atoms with Crippen LogP contribution in [0.15, 0.2) is 29.6 Å². The summed E-state index contributed by atoms with van der Waals surface area (Å²) in [6, 6.07) is 6.54. The third kappa shape index (κ3) is 2.49.